The summed E-state index contributed by atoms with van der Waals surface area (Å²) >= 11 is 6.02. The van der Waals surface area contributed by atoms with E-state index >= 15 is 0 Å². The first-order chi connectivity index (χ1) is 14.2. The van der Waals surface area contributed by atoms with Gasteiger partial charge in [0.05, 0.1) is 28.2 Å². The molecule has 0 aliphatic carbocycles. The third-order valence-electron chi connectivity index (χ3n) is 5.05. The monoisotopic (exact) mass is 445 g/mol. The Morgan fingerprint density at radius 1 is 1.07 bits per heavy atom. The predicted molar refractivity (Wildman–Crippen MR) is 103 cm³/mol. The zero-order valence-corrected chi connectivity index (χ0v) is 16.3. The lowest BCUT2D eigenvalue weighted by Crippen LogP contribution is -2.46. The number of piperazine rings is 1. The molecule has 11 heteroatoms. The number of benzene rings is 1. The summed E-state index contributed by atoms with van der Waals surface area (Å²) < 4.78 is 66.5. The van der Waals surface area contributed by atoms with Gasteiger partial charge in [-0.05, 0) is 18.2 Å². The molecule has 1 aliphatic rings. The second-order valence-electron chi connectivity index (χ2n) is 6.95. The molecule has 1 fully saturated rings. The SMILES string of the molecule is FC(F)n1c(CN2CCN(c3ncc(C(F)(F)F)cc3Cl)CC2)nc2ccccc21. The van der Waals surface area contributed by atoms with Crippen LogP contribution in [0.5, 0.6) is 0 Å². The van der Waals surface area contributed by atoms with Gasteiger partial charge in [-0.2, -0.15) is 22.0 Å². The van der Waals surface area contributed by atoms with Crippen LogP contribution in [0.3, 0.4) is 0 Å². The van der Waals surface area contributed by atoms with Gasteiger partial charge in [0.25, 0.3) is 0 Å². The highest BCUT2D eigenvalue weighted by molar-refractivity contribution is 6.33. The normalized spacial score (nSPS) is 16.0. The molecule has 0 saturated carbocycles. The number of imidazole rings is 1. The van der Waals surface area contributed by atoms with Gasteiger partial charge in [0.1, 0.15) is 11.6 Å². The quantitative estimate of drug-likeness (QED) is 0.540. The Balaban J connectivity index is 1.46. The van der Waals surface area contributed by atoms with E-state index in [1.165, 1.54) is 0 Å². The van der Waals surface area contributed by atoms with Gasteiger partial charge in [-0.25, -0.2) is 9.97 Å². The number of halogens is 6. The second-order valence-corrected chi connectivity index (χ2v) is 7.36. The molecule has 2 aromatic heterocycles. The van der Waals surface area contributed by atoms with Crippen LogP contribution < -0.4 is 4.90 Å². The van der Waals surface area contributed by atoms with E-state index in [1.54, 1.807) is 29.2 Å². The van der Waals surface area contributed by atoms with Crippen LogP contribution in [0, 0.1) is 0 Å². The van der Waals surface area contributed by atoms with Gasteiger partial charge >= 0.3 is 12.7 Å². The molecule has 1 aromatic carbocycles. The molecule has 5 nitrogen and oxygen atoms in total. The first kappa shape index (κ1) is 20.8. The molecule has 30 heavy (non-hydrogen) atoms. The van der Waals surface area contributed by atoms with E-state index in [0.717, 1.165) is 16.8 Å². The summed E-state index contributed by atoms with van der Waals surface area (Å²) in [5.41, 5.74) is -0.0187. The minimum absolute atomic E-state index is 0.0715. The molecule has 160 valence electrons. The maximum atomic E-state index is 13.6. The highest BCUT2D eigenvalue weighted by atomic mass is 35.5. The van der Waals surface area contributed by atoms with Crippen LogP contribution in [0.2, 0.25) is 5.02 Å². The van der Waals surface area contributed by atoms with Gasteiger partial charge in [-0.15, -0.1) is 0 Å². The summed E-state index contributed by atoms with van der Waals surface area (Å²) in [6.07, 6.45) is -3.75. The van der Waals surface area contributed by atoms with Crippen molar-refractivity contribution in [2.24, 2.45) is 0 Å². The van der Waals surface area contributed by atoms with Crippen LogP contribution in [-0.2, 0) is 12.7 Å². The van der Waals surface area contributed by atoms with E-state index in [0.29, 0.717) is 37.2 Å². The summed E-state index contributed by atoms with van der Waals surface area (Å²) in [7, 11) is 0. The average Bonchev–Trinajstić information content (AvgIpc) is 3.06. The molecule has 0 spiro atoms. The highest BCUT2D eigenvalue weighted by Gasteiger charge is 2.32. The van der Waals surface area contributed by atoms with Crippen molar-refractivity contribution in [1.82, 2.24) is 19.4 Å². The van der Waals surface area contributed by atoms with Crippen LogP contribution in [0.4, 0.5) is 27.8 Å². The third kappa shape index (κ3) is 4.06. The van der Waals surface area contributed by atoms with Gasteiger partial charge in [0, 0.05) is 32.4 Å². The second kappa shape index (κ2) is 7.99. The zero-order valence-electron chi connectivity index (χ0n) is 15.6. The van der Waals surface area contributed by atoms with Crippen molar-refractivity contribution in [2.45, 2.75) is 19.3 Å². The minimum Gasteiger partial charge on any atom is -0.353 e. The number of anilines is 1. The van der Waals surface area contributed by atoms with Crippen molar-refractivity contribution >= 4 is 28.5 Å². The van der Waals surface area contributed by atoms with Crippen molar-refractivity contribution in [2.75, 3.05) is 31.1 Å². The number of hydrogen-bond donors (Lipinski definition) is 0. The summed E-state index contributed by atoms with van der Waals surface area (Å²) in [5, 5.41) is -0.0715. The Labute approximate surface area is 173 Å². The van der Waals surface area contributed by atoms with Crippen molar-refractivity contribution in [3.05, 3.63) is 52.9 Å². The molecule has 0 bridgehead atoms. The lowest BCUT2D eigenvalue weighted by atomic mass is 10.2. The first-order valence-electron chi connectivity index (χ1n) is 9.18. The number of nitrogens with zero attached hydrogens (tertiary/aromatic N) is 5. The molecule has 3 aromatic rings. The number of fused-ring (bicyclic) bond motifs is 1. The van der Waals surface area contributed by atoms with Crippen LogP contribution in [0.15, 0.2) is 36.5 Å². The molecule has 3 heterocycles. The fraction of sp³-hybridized carbons (Fsp3) is 0.368. The van der Waals surface area contributed by atoms with Crippen molar-refractivity contribution in [1.29, 1.82) is 0 Å². The Morgan fingerprint density at radius 2 is 1.77 bits per heavy atom. The Hall–Kier alpha value is -2.46. The number of rotatable bonds is 4. The van der Waals surface area contributed by atoms with Crippen LogP contribution >= 0.6 is 11.6 Å². The molecule has 0 atom stereocenters. The van der Waals surface area contributed by atoms with Crippen molar-refractivity contribution in [3.63, 3.8) is 0 Å². The predicted octanol–water partition coefficient (Wildman–Crippen LogP) is 4.82. The van der Waals surface area contributed by atoms with Gasteiger partial charge in [-0.1, -0.05) is 23.7 Å². The molecule has 4 rings (SSSR count). The molecule has 1 saturated heterocycles. The molecule has 0 amide bonds. The van der Waals surface area contributed by atoms with E-state index < -0.39 is 18.3 Å². The number of hydrogen-bond acceptors (Lipinski definition) is 4. The van der Waals surface area contributed by atoms with Crippen molar-refractivity contribution < 1.29 is 22.0 Å². The Morgan fingerprint density at radius 3 is 2.40 bits per heavy atom. The zero-order chi connectivity index (χ0) is 21.5. The molecule has 0 N–H and O–H groups in total. The smallest absolute Gasteiger partial charge is 0.353 e. The van der Waals surface area contributed by atoms with Gasteiger partial charge in [-0.3, -0.25) is 9.47 Å². The lowest BCUT2D eigenvalue weighted by Gasteiger charge is -2.35. The summed E-state index contributed by atoms with van der Waals surface area (Å²) in [5.74, 6) is 0.550. The van der Waals surface area contributed by atoms with E-state index in [4.69, 9.17) is 11.6 Å². The lowest BCUT2D eigenvalue weighted by molar-refractivity contribution is -0.137. The van der Waals surface area contributed by atoms with Crippen LogP contribution in [0.1, 0.15) is 17.9 Å². The van der Waals surface area contributed by atoms with Crippen molar-refractivity contribution in [3.8, 4) is 0 Å². The van der Waals surface area contributed by atoms with E-state index in [2.05, 4.69) is 9.97 Å². The highest BCUT2D eigenvalue weighted by Crippen LogP contribution is 2.34. The largest absolute Gasteiger partial charge is 0.417 e. The number of alkyl halides is 5. The van der Waals surface area contributed by atoms with Crippen LogP contribution in [0.25, 0.3) is 11.0 Å². The summed E-state index contributed by atoms with van der Waals surface area (Å²) in [6, 6.07) is 7.59. The topological polar surface area (TPSA) is 37.2 Å². The standard InChI is InChI=1S/C19H17ClF5N5/c20-13-9-12(19(23,24)25)10-26-17(13)29-7-5-28(6-8-29)11-16-27-14-3-1-2-4-15(14)30(16)18(21)22/h1-4,9-10,18H,5-8,11H2. The molecule has 1 aliphatic heterocycles. The molecule has 0 unspecified atom stereocenters. The molecular weight excluding hydrogens is 429 g/mol. The number of para-hydroxylation sites is 2. The molecule has 0 radical (unpaired) electrons. The maximum absolute atomic E-state index is 13.6. The minimum atomic E-state index is -4.51. The van der Waals surface area contributed by atoms with Gasteiger partial charge in [0.2, 0.25) is 0 Å². The average molecular weight is 446 g/mol. The fourth-order valence-corrected chi connectivity index (χ4v) is 3.85. The van der Waals surface area contributed by atoms with Crippen LogP contribution in [-0.4, -0.2) is 45.6 Å². The number of aromatic nitrogens is 3. The summed E-state index contributed by atoms with van der Waals surface area (Å²) in [4.78, 5) is 12.0. The Kier molecular flexibility index (Phi) is 5.54. The third-order valence-corrected chi connectivity index (χ3v) is 5.33. The van der Waals surface area contributed by atoms with E-state index in [1.807, 2.05) is 4.90 Å². The van der Waals surface area contributed by atoms with Gasteiger partial charge in [0.15, 0.2) is 0 Å². The van der Waals surface area contributed by atoms with E-state index in [-0.39, 0.29) is 23.2 Å². The first-order valence-corrected chi connectivity index (χ1v) is 9.56. The molecular formula is C19H17ClF5N5. The van der Waals surface area contributed by atoms with E-state index in [9.17, 15) is 22.0 Å². The number of pyridine rings is 1. The summed E-state index contributed by atoms with van der Waals surface area (Å²) in [6.45, 7) is -0.554. The maximum Gasteiger partial charge on any atom is 0.417 e. The fourth-order valence-electron chi connectivity index (χ4n) is 3.56. The Bertz CT molecular complexity index is 1040. The van der Waals surface area contributed by atoms with Gasteiger partial charge < -0.3 is 4.90 Å².